The second-order valence-electron chi connectivity index (χ2n) is 7.29. The molecule has 0 bridgehead atoms. The van der Waals surface area contributed by atoms with Crippen molar-refractivity contribution in [3.8, 4) is 17.1 Å². The van der Waals surface area contributed by atoms with Crippen LogP contribution in [0, 0.1) is 15.9 Å². The number of methoxy groups -OCH3 is 1. The summed E-state index contributed by atoms with van der Waals surface area (Å²) in [6.07, 6.45) is 3.70. The molecule has 3 aromatic rings. The Morgan fingerprint density at radius 3 is 2.72 bits per heavy atom. The Balaban J connectivity index is 1.69. The largest absolute Gasteiger partial charge is 0.495 e. The van der Waals surface area contributed by atoms with Crippen molar-refractivity contribution in [1.29, 1.82) is 0 Å². The molecule has 0 atom stereocenters. The molecule has 0 unspecified atom stereocenters. The van der Waals surface area contributed by atoms with E-state index in [1.54, 1.807) is 0 Å². The summed E-state index contributed by atoms with van der Waals surface area (Å²) >= 11 is 0. The maximum atomic E-state index is 14.7. The van der Waals surface area contributed by atoms with Gasteiger partial charge < -0.3 is 9.30 Å². The summed E-state index contributed by atoms with van der Waals surface area (Å²) < 4.78 is 49.8. The molecular formula is C20H20FN5O5S. The van der Waals surface area contributed by atoms with Gasteiger partial charge in [0, 0.05) is 24.7 Å². The molecule has 2 aromatic carbocycles. The van der Waals surface area contributed by atoms with Crippen molar-refractivity contribution in [2.45, 2.75) is 37.1 Å². The van der Waals surface area contributed by atoms with E-state index in [0.717, 1.165) is 55.8 Å². The van der Waals surface area contributed by atoms with Crippen LogP contribution in [-0.4, -0.2) is 35.2 Å². The van der Waals surface area contributed by atoms with Crippen LogP contribution in [-0.2, 0) is 23.0 Å². The van der Waals surface area contributed by atoms with Gasteiger partial charge in [-0.1, -0.05) is 6.42 Å². The molecule has 1 aliphatic heterocycles. The van der Waals surface area contributed by atoms with Gasteiger partial charge in [-0.15, -0.1) is 10.2 Å². The molecule has 0 aliphatic carbocycles. The third kappa shape index (κ3) is 4.13. The van der Waals surface area contributed by atoms with Crippen molar-refractivity contribution in [3.05, 3.63) is 58.2 Å². The highest BCUT2D eigenvalue weighted by Crippen LogP contribution is 2.32. The molecule has 1 aromatic heterocycles. The summed E-state index contributed by atoms with van der Waals surface area (Å²) in [7, 11) is -2.97. The first-order valence-corrected chi connectivity index (χ1v) is 11.4. The number of rotatable bonds is 6. The number of nitro benzene ring substituents is 1. The zero-order chi connectivity index (χ0) is 22.9. The highest BCUT2D eigenvalue weighted by molar-refractivity contribution is 7.92. The van der Waals surface area contributed by atoms with Crippen molar-refractivity contribution in [1.82, 2.24) is 14.8 Å². The van der Waals surface area contributed by atoms with Crippen molar-refractivity contribution in [3.63, 3.8) is 0 Å². The van der Waals surface area contributed by atoms with Gasteiger partial charge in [0.05, 0.1) is 23.7 Å². The lowest BCUT2D eigenvalue weighted by Crippen LogP contribution is -2.14. The average Bonchev–Trinajstić information content (AvgIpc) is 3.01. The van der Waals surface area contributed by atoms with E-state index in [0.29, 0.717) is 12.4 Å². The number of fused-ring (bicyclic) bond motifs is 1. The van der Waals surface area contributed by atoms with E-state index in [1.165, 1.54) is 19.2 Å². The van der Waals surface area contributed by atoms with E-state index < -0.39 is 20.8 Å². The van der Waals surface area contributed by atoms with E-state index in [9.17, 15) is 22.9 Å². The topological polar surface area (TPSA) is 129 Å². The van der Waals surface area contributed by atoms with Crippen LogP contribution in [0.2, 0.25) is 0 Å². The summed E-state index contributed by atoms with van der Waals surface area (Å²) in [5.41, 5.74) is -0.0772. The molecule has 12 heteroatoms. The van der Waals surface area contributed by atoms with E-state index >= 15 is 0 Å². The molecule has 10 nitrogen and oxygen atoms in total. The van der Waals surface area contributed by atoms with Crippen LogP contribution >= 0.6 is 0 Å². The third-order valence-electron chi connectivity index (χ3n) is 5.22. The lowest BCUT2D eigenvalue weighted by Gasteiger charge is -2.13. The minimum Gasteiger partial charge on any atom is -0.495 e. The molecule has 0 amide bonds. The fourth-order valence-corrected chi connectivity index (χ4v) is 4.85. The van der Waals surface area contributed by atoms with Crippen molar-refractivity contribution in [2.75, 3.05) is 11.8 Å². The van der Waals surface area contributed by atoms with Crippen LogP contribution < -0.4 is 9.46 Å². The van der Waals surface area contributed by atoms with Crippen LogP contribution in [0.4, 0.5) is 15.8 Å². The van der Waals surface area contributed by atoms with Gasteiger partial charge in [0.1, 0.15) is 22.3 Å². The van der Waals surface area contributed by atoms with Gasteiger partial charge in [0.15, 0.2) is 5.82 Å². The molecule has 2 heterocycles. The fraction of sp³-hybridized carbons (Fsp3) is 0.300. The standard InChI is InChI=1S/C20H20FN5O5S/c1-31-17-12-14(26(27)28)7-9-18(17)32(29,30)24-13-6-8-16(21)15(11-13)20-23-22-19-5-3-2-4-10-25(19)20/h6-9,11-12,24H,2-5,10H2,1H3. The van der Waals surface area contributed by atoms with E-state index in [-0.39, 0.29) is 27.6 Å². The molecule has 4 rings (SSSR count). The number of nitro groups is 1. The molecule has 0 fully saturated rings. The molecule has 168 valence electrons. The molecular weight excluding hydrogens is 441 g/mol. The average molecular weight is 461 g/mol. The maximum Gasteiger partial charge on any atom is 0.273 e. The van der Waals surface area contributed by atoms with Gasteiger partial charge >= 0.3 is 0 Å². The second-order valence-corrected chi connectivity index (χ2v) is 8.95. The third-order valence-corrected chi connectivity index (χ3v) is 6.64. The van der Waals surface area contributed by atoms with Crippen LogP contribution in [0.5, 0.6) is 5.75 Å². The zero-order valence-corrected chi connectivity index (χ0v) is 17.9. The summed E-state index contributed by atoms with van der Waals surface area (Å²) in [6.45, 7) is 0.660. The number of halogens is 1. The minimum absolute atomic E-state index is 0.104. The number of hydrogen-bond donors (Lipinski definition) is 1. The van der Waals surface area contributed by atoms with Gasteiger partial charge in [0.25, 0.3) is 15.7 Å². The fourth-order valence-electron chi connectivity index (χ4n) is 3.65. The number of nitrogens with zero attached hydrogens (tertiary/aromatic N) is 4. The molecule has 32 heavy (non-hydrogen) atoms. The predicted octanol–water partition coefficient (Wildman–Crippen LogP) is 3.53. The number of aryl methyl sites for hydroxylation is 1. The number of nitrogens with one attached hydrogen (secondary N) is 1. The van der Waals surface area contributed by atoms with Crippen molar-refractivity contribution >= 4 is 21.4 Å². The first-order valence-electron chi connectivity index (χ1n) is 9.87. The summed E-state index contributed by atoms with van der Waals surface area (Å²) in [5.74, 6) is 0.379. The Morgan fingerprint density at radius 2 is 1.97 bits per heavy atom. The zero-order valence-electron chi connectivity index (χ0n) is 17.1. The molecule has 0 spiro atoms. The highest BCUT2D eigenvalue weighted by atomic mass is 32.2. The Morgan fingerprint density at radius 1 is 1.16 bits per heavy atom. The van der Waals surface area contributed by atoms with Crippen LogP contribution in [0.3, 0.4) is 0 Å². The molecule has 0 saturated heterocycles. The minimum atomic E-state index is -4.18. The Hall–Kier alpha value is -3.54. The molecule has 0 radical (unpaired) electrons. The highest BCUT2D eigenvalue weighted by Gasteiger charge is 2.24. The number of sulfonamides is 1. The Bertz CT molecular complexity index is 1290. The van der Waals surface area contributed by atoms with Gasteiger partial charge in [-0.05, 0) is 37.1 Å². The van der Waals surface area contributed by atoms with Crippen molar-refractivity contribution < 1.29 is 22.5 Å². The van der Waals surface area contributed by atoms with Gasteiger partial charge in [-0.3, -0.25) is 14.8 Å². The number of anilines is 1. The van der Waals surface area contributed by atoms with E-state index in [1.807, 2.05) is 4.57 Å². The predicted molar refractivity (Wildman–Crippen MR) is 113 cm³/mol. The second kappa shape index (κ2) is 8.54. The maximum absolute atomic E-state index is 14.7. The number of aromatic nitrogens is 3. The Kier molecular flexibility index (Phi) is 5.78. The van der Waals surface area contributed by atoms with E-state index in [4.69, 9.17) is 4.74 Å². The number of non-ortho nitro benzene ring substituents is 1. The SMILES string of the molecule is COc1cc([N+](=O)[O-])ccc1S(=O)(=O)Nc1ccc(F)c(-c2nnc3n2CCCCC3)c1. The number of hydrogen-bond acceptors (Lipinski definition) is 7. The monoisotopic (exact) mass is 461 g/mol. The molecule has 1 aliphatic rings. The van der Waals surface area contributed by atoms with Gasteiger partial charge in [0.2, 0.25) is 0 Å². The van der Waals surface area contributed by atoms with E-state index in [2.05, 4.69) is 14.9 Å². The quantitative estimate of drug-likeness (QED) is 0.439. The summed E-state index contributed by atoms with van der Waals surface area (Å²) in [5, 5.41) is 19.3. The van der Waals surface area contributed by atoms with Crippen molar-refractivity contribution in [2.24, 2.45) is 0 Å². The first-order chi connectivity index (χ1) is 15.3. The van der Waals surface area contributed by atoms with Crippen LogP contribution in [0.1, 0.15) is 25.1 Å². The van der Waals surface area contributed by atoms with Crippen LogP contribution in [0.25, 0.3) is 11.4 Å². The number of ether oxygens (including phenoxy) is 1. The Labute approximate surface area is 183 Å². The normalized spacial score (nSPS) is 13.8. The first kappa shape index (κ1) is 21.7. The molecule has 0 saturated carbocycles. The smallest absolute Gasteiger partial charge is 0.273 e. The summed E-state index contributed by atoms with van der Waals surface area (Å²) in [4.78, 5) is 10.0. The molecule has 1 N–H and O–H groups in total. The lowest BCUT2D eigenvalue weighted by molar-refractivity contribution is -0.385. The lowest BCUT2D eigenvalue weighted by atomic mass is 10.1. The summed E-state index contributed by atoms with van der Waals surface area (Å²) in [6, 6.07) is 6.97. The van der Waals surface area contributed by atoms with Gasteiger partial charge in [-0.2, -0.15) is 0 Å². The van der Waals surface area contributed by atoms with Gasteiger partial charge in [-0.25, -0.2) is 12.8 Å². The van der Waals surface area contributed by atoms with Crippen LogP contribution in [0.15, 0.2) is 41.3 Å². The number of benzene rings is 2.